The molecule has 2 unspecified atom stereocenters. The highest BCUT2D eigenvalue weighted by Gasteiger charge is 2.34. The fourth-order valence-electron chi connectivity index (χ4n) is 9.74. The van der Waals surface area contributed by atoms with Gasteiger partial charge < -0.3 is 10.6 Å². The van der Waals surface area contributed by atoms with Crippen LogP contribution in [0.25, 0.3) is 5.70 Å². The van der Waals surface area contributed by atoms with Gasteiger partial charge in [0.05, 0.1) is 26.1 Å². The molecule has 2 amide bonds. The number of hydrogen-bond donors (Lipinski definition) is 2. The molecule has 0 bridgehead atoms. The van der Waals surface area contributed by atoms with E-state index in [2.05, 4.69) is 62.6 Å². The Hall–Kier alpha value is -2.42. The summed E-state index contributed by atoms with van der Waals surface area (Å²) in [6.45, 7) is 13.2. The fourth-order valence-corrected chi connectivity index (χ4v) is 17.6. The Balaban J connectivity index is 0.000000153. The van der Waals surface area contributed by atoms with Crippen molar-refractivity contribution in [3.05, 3.63) is 144 Å². The molecule has 0 saturated carbocycles. The maximum atomic E-state index is 11.4. The van der Waals surface area contributed by atoms with Gasteiger partial charge in [0.15, 0.2) is 0 Å². The Labute approximate surface area is 381 Å². The van der Waals surface area contributed by atoms with Gasteiger partial charge in [-0.2, -0.15) is 0 Å². The Morgan fingerprint density at radius 3 is 1.55 bits per heavy atom. The zero-order valence-corrected chi connectivity index (χ0v) is 40.6. The molecular weight excluding hydrogens is 864 g/mol. The molecule has 0 radical (unpaired) electrons. The normalized spacial score (nSPS) is 24.8. The van der Waals surface area contributed by atoms with E-state index in [9.17, 15) is 9.59 Å². The van der Waals surface area contributed by atoms with Gasteiger partial charge in [0.2, 0.25) is 11.8 Å². The first-order chi connectivity index (χ1) is 28.7. The Bertz CT molecular complexity index is 2120. The molecule has 4 nitrogen and oxygen atoms in total. The van der Waals surface area contributed by atoms with Gasteiger partial charge in [0.1, 0.15) is 0 Å². The molecule has 8 rings (SSSR count). The second kappa shape index (κ2) is 21.8. The monoisotopic (exact) mass is 922 g/mol. The minimum absolute atomic E-state index is 0.00721. The fraction of sp³-hybridized carbons (Fsp3) is 0.440. The summed E-state index contributed by atoms with van der Waals surface area (Å²) in [5.74, 6) is 0.446. The molecule has 2 fully saturated rings. The Kier molecular flexibility index (Phi) is 17.1. The number of benzene rings is 4. The van der Waals surface area contributed by atoms with Gasteiger partial charge in [-0.3, -0.25) is 9.59 Å². The molecule has 4 aliphatic rings. The molecule has 2 heterocycles. The number of halogens is 4. The van der Waals surface area contributed by atoms with E-state index in [0.717, 1.165) is 58.7 Å². The molecule has 2 N–H and O–H groups in total. The summed E-state index contributed by atoms with van der Waals surface area (Å²) < 4.78 is 0. The molecule has 7 atom stereocenters. The van der Waals surface area contributed by atoms with Crippen molar-refractivity contribution in [1.29, 1.82) is 0 Å². The number of rotatable bonds is 7. The molecule has 4 aromatic rings. The lowest BCUT2D eigenvalue weighted by molar-refractivity contribution is -0.120. The standard InChI is InChI=1S/C18H17Cl2NO.C18H15Cl2NO.C14H28P2/c2*1-11(22)21-18-9-7-13(14-4-2-3-5-15(14)18)12-6-8-16(19)17(20)10-12;1-11-5-6-12(2)15(11)9-10-16-13(3)7-8-14(16)4/h2-6,8,10,13,18H,7,9H2,1H3,(H,21,22);2-6,8-10,13H,7H2,1H3,(H,21,22);11-14H,5-10H2,1-4H3/t13?,18-;;11-,12-,13-,14-/m1.1/s1. The second-order valence-corrected chi connectivity index (χ2v) is 25.2. The number of hydrogen-bond acceptors (Lipinski definition) is 2. The summed E-state index contributed by atoms with van der Waals surface area (Å²) in [4.78, 5) is 22.8. The molecule has 60 heavy (non-hydrogen) atoms. The topological polar surface area (TPSA) is 58.2 Å². The summed E-state index contributed by atoms with van der Waals surface area (Å²) in [5.41, 5.74) is 12.2. The Morgan fingerprint density at radius 1 is 0.567 bits per heavy atom. The first-order valence-corrected chi connectivity index (χ1v) is 26.4. The minimum atomic E-state index is -0.0611. The number of carbonyl (C=O) groups is 2. The molecule has 0 spiro atoms. The maximum Gasteiger partial charge on any atom is 0.221 e. The van der Waals surface area contributed by atoms with Crippen molar-refractivity contribution < 1.29 is 9.59 Å². The third-order valence-corrected chi connectivity index (χ3v) is 21.8. The quantitative estimate of drug-likeness (QED) is 0.181. The van der Waals surface area contributed by atoms with Gasteiger partial charge in [0, 0.05) is 36.9 Å². The van der Waals surface area contributed by atoms with E-state index in [1.54, 1.807) is 19.2 Å². The van der Waals surface area contributed by atoms with Crippen molar-refractivity contribution in [2.45, 2.75) is 127 Å². The van der Waals surface area contributed by atoms with Crippen molar-refractivity contribution in [2.75, 3.05) is 12.3 Å². The van der Waals surface area contributed by atoms with E-state index in [1.807, 2.05) is 66.7 Å². The zero-order chi connectivity index (χ0) is 43.1. The molecular formula is C50H60Cl4N2O2P2. The second-order valence-electron chi connectivity index (χ2n) is 17.1. The highest BCUT2D eigenvalue weighted by Crippen LogP contribution is 2.61. The molecule has 320 valence electrons. The summed E-state index contributed by atoms with van der Waals surface area (Å²) in [6, 6.07) is 28.1. The first kappa shape index (κ1) is 47.1. The predicted molar refractivity (Wildman–Crippen MR) is 262 cm³/mol. The summed E-state index contributed by atoms with van der Waals surface area (Å²) in [7, 11) is 0.789. The highest BCUT2D eigenvalue weighted by atomic mass is 35.5. The van der Waals surface area contributed by atoms with Crippen LogP contribution in [0.2, 0.25) is 20.1 Å². The molecule has 10 heteroatoms. The molecule has 4 aromatic carbocycles. The minimum Gasteiger partial charge on any atom is -0.350 e. The van der Waals surface area contributed by atoms with Gasteiger partial charge in [-0.05, 0) is 132 Å². The van der Waals surface area contributed by atoms with Gasteiger partial charge in [-0.1, -0.05) is 141 Å². The van der Waals surface area contributed by atoms with Gasteiger partial charge in [-0.25, -0.2) is 0 Å². The summed E-state index contributed by atoms with van der Waals surface area (Å²) >= 11 is 24.4. The lowest BCUT2D eigenvalue weighted by Crippen LogP contribution is -2.30. The SMILES string of the molecule is CC(=O)NC1=CCC(c2ccc(Cl)c(Cl)c2)c2ccccc21.CC(=O)N[C@@H]1CCC(c2ccc(Cl)c(Cl)c2)c2ccccc21.C[C@@H]1CC[C@@H](C)P1CCP1[C@H](C)CC[C@H]1C. The summed E-state index contributed by atoms with van der Waals surface area (Å²) in [6.07, 6.45) is 14.1. The molecule has 0 aromatic heterocycles. The van der Waals surface area contributed by atoms with Crippen molar-refractivity contribution in [1.82, 2.24) is 10.6 Å². The predicted octanol–water partition coefficient (Wildman–Crippen LogP) is 15.2. The van der Waals surface area contributed by atoms with Crippen LogP contribution in [0.1, 0.15) is 138 Å². The number of amides is 2. The zero-order valence-electron chi connectivity index (χ0n) is 35.8. The smallest absolute Gasteiger partial charge is 0.221 e. The van der Waals surface area contributed by atoms with Crippen LogP contribution in [0.3, 0.4) is 0 Å². The van der Waals surface area contributed by atoms with Crippen LogP contribution in [0.15, 0.2) is 91.0 Å². The maximum absolute atomic E-state index is 11.4. The number of carbonyl (C=O) groups excluding carboxylic acids is 2. The van der Waals surface area contributed by atoms with E-state index in [4.69, 9.17) is 46.4 Å². The third kappa shape index (κ3) is 11.8. The van der Waals surface area contributed by atoms with Crippen LogP contribution >= 0.6 is 62.2 Å². The number of nitrogens with one attached hydrogen (secondary N) is 2. The number of fused-ring (bicyclic) bond motifs is 2. The van der Waals surface area contributed by atoms with Crippen LogP contribution in [0.5, 0.6) is 0 Å². The van der Waals surface area contributed by atoms with E-state index >= 15 is 0 Å². The van der Waals surface area contributed by atoms with Gasteiger partial charge in [0.25, 0.3) is 0 Å². The summed E-state index contributed by atoms with van der Waals surface area (Å²) in [5, 5.41) is 8.23. The molecule has 2 aliphatic carbocycles. The van der Waals surface area contributed by atoms with Crippen molar-refractivity contribution in [2.24, 2.45) is 0 Å². The van der Waals surface area contributed by atoms with Crippen molar-refractivity contribution in [3.63, 3.8) is 0 Å². The first-order valence-electron chi connectivity index (χ1n) is 21.6. The van der Waals surface area contributed by atoms with Crippen LogP contribution in [-0.2, 0) is 9.59 Å². The lowest BCUT2D eigenvalue weighted by Gasteiger charge is -2.32. The lowest BCUT2D eigenvalue weighted by atomic mass is 9.77. The highest BCUT2D eigenvalue weighted by molar-refractivity contribution is 7.63. The average molecular weight is 925 g/mol. The van der Waals surface area contributed by atoms with E-state index in [1.165, 1.54) is 54.9 Å². The molecule has 2 aliphatic heterocycles. The largest absolute Gasteiger partial charge is 0.350 e. The van der Waals surface area contributed by atoms with Crippen molar-refractivity contribution in [3.8, 4) is 0 Å². The van der Waals surface area contributed by atoms with E-state index in [-0.39, 0.29) is 29.7 Å². The molecule has 2 saturated heterocycles. The van der Waals surface area contributed by atoms with E-state index in [0.29, 0.717) is 35.9 Å². The van der Waals surface area contributed by atoms with Gasteiger partial charge in [-0.15, -0.1) is 15.8 Å². The van der Waals surface area contributed by atoms with Crippen LogP contribution in [0, 0.1) is 0 Å². The van der Waals surface area contributed by atoms with E-state index < -0.39 is 0 Å². The number of allylic oxidation sites excluding steroid dienone is 1. The van der Waals surface area contributed by atoms with Crippen LogP contribution < -0.4 is 10.6 Å². The van der Waals surface area contributed by atoms with Crippen LogP contribution in [0.4, 0.5) is 0 Å². The van der Waals surface area contributed by atoms with Gasteiger partial charge >= 0.3 is 0 Å². The average Bonchev–Trinajstić information content (AvgIpc) is 3.73. The third-order valence-electron chi connectivity index (χ3n) is 12.9. The van der Waals surface area contributed by atoms with Crippen LogP contribution in [-0.4, -0.2) is 46.8 Å². The Morgan fingerprint density at radius 2 is 1.05 bits per heavy atom. The van der Waals surface area contributed by atoms with Crippen molar-refractivity contribution >= 4 is 79.8 Å².